The van der Waals surface area contributed by atoms with Crippen molar-refractivity contribution in [1.29, 1.82) is 0 Å². The Bertz CT molecular complexity index is 746. The van der Waals surface area contributed by atoms with Crippen LogP contribution in [-0.2, 0) is 10.0 Å². The van der Waals surface area contributed by atoms with Crippen molar-refractivity contribution >= 4 is 26.6 Å². The van der Waals surface area contributed by atoms with Crippen LogP contribution in [0, 0.1) is 0 Å². The smallest absolute Gasteiger partial charge is 0.242 e. The highest BCUT2D eigenvalue weighted by Gasteiger charge is 2.26. The number of hydrogen-bond donors (Lipinski definition) is 4. The summed E-state index contributed by atoms with van der Waals surface area (Å²) < 4.78 is 27.8. The average molecular weight is 309 g/mol. The summed E-state index contributed by atoms with van der Waals surface area (Å²) in [5, 5.41) is 10.1. The van der Waals surface area contributed by atoms with E-state index in [0.29, 0.717) is 42.3 Å². The third-order valence-corrected chi connectivity index (χ3v) is 5.54. The molecular weight excluding hydrogens is 290 g/mol. The summed E-state index contributed by atoms with van der Waals surface area (Å²) in [6.07, 6.45) is 3.78. The number of fused-ring (bicyclic) bond motifs is 1. The first-order valence-electron chi connectivity index (χ1n) is 7.03. The maximum absolute atomic E-state index is 12.5. The summed E-state index contributed by atoms with van der Waals surface area (Å²) in [5.41, 5.74) is 6.98. The molecular formula is C14H19N3O3S. The number of rotatable bonds is 3. The third kappa shape index (κ3) is 2.90. The van der Waals surface area contributed by atoms with Gasteiger partial charge >= 0.3 is 0 Å². The molecule has 1 heterocycles. The monoisotopic (exact) mass is 309 g/mol. The lowest BCUT2D eigenvalue weighted by Crippen LogP contribution is -2.38. The first-order valence-corrected chi connectivity index (χ1v) is 8.51. The molecule has 0 aliphatic heterocycles. The van der Waals surface area contributed by atoms with Gasteiger partial charge in [-0.15, -0.1) is 0 Å². The van der Waals surface area contributed by atoms with Crippen molar-refractivity contribution in [1.82, 2.24) is 9.71 Å². The molecule has 6 nitrogen and oxygen atoms in total. The molecule has 0 bridgehead atoms. The van der Waals surface area contributed by atoms with Crippen molar-refractivity contribution in [2.24, 2.45) is 0 Å². The lowest BCUT2D eigenvalue weighted by Gasteiger charge is -2.25. The van der Waals surface area contributed by atoms with Gasteiger partial charge in [0.15, 0.2) is 0 Å². The van der Waals surface area contributed by atoms with Crippen LogP contribution in [-0.4, -0.2) is 30.7 Å². The fraction of sp³-hybridized carbons (Fsp3) is 0.429. The van der Waals surface area contributed by atoms with Crippen molar-refractivity contribution in [3.63, 3.8) is 0 Å². The zero-order valence-corrected chi connectivity index (χ0v) is 12.4. The van der Waals surface area contributed by atoms with Crippen LogP contribution >= 0.6 is 0 Å². The molecule has 0 amide bonds. The van der Waals surface area contributed by atoms with Crippen LogP contribution in [0.3, 0.4) is 0 Å². The third-order valence-electron chi connectivity index (χ3n) is 3.98. The van der Waals surface area contributed by atoms with E-state index in [1.54, 1.807) is 18.2 Å². The SMILES string of the molecule is Nc1ccc2c(S(=O)(=O)NC3CCC(O)CC3)c[nH]c2c1. The molecule has 0 atom stereocenters. The number of aromatic nitrogens is 1. The highest BCUT2D eigenvalue weighted by atomic mass is 32.2. The van der Waals surface area contributed by atoms with E-state index in [4.69, 9.17) is 5.73 Å². The van der Waals surface area contributed by atoms with E-state index < -0.39 is 10.0 Å². The Balaban J connectivity index is 1.86. The molecule has 114 valence electrons. The molecule has 21 heavy (non-hydrogen) atoms. The van der Waals surface area contributed by atoms with E-state index >= 15 is 0 Å². The van der Waals surface area contributed by atoms with E-state index in [-0.39, 0.29) is 17.0 Å². The molecule has 1 aliphatic rings. The number of aliphatic hydroxyl groups is 1. The number of sulfonamides is 1. The van der Waals surface area contributed by atoms with Gasteiger partial charge in [0, 0.05) is 28.8 Å². The van der Waals surface area contributed by atoms with Crippen LogP contribution in [0.4, 0.5) is 5.69 Å². The van der Waals surface area contributed by atoms with E-state index in [1.807, 2.05) is 0 Å². The maximum Gasteiger partial charge on any atom is 0.242 e. The lowest BCUT2D eigenvalue weighted by molar-refractivity contribution is 0.120. The molecule has 0 saturated heterocycles. The predicted molar refractivity (Wildman–Crippen MR) is 81.3 cm³/mol. The summed E-state index contributed by atoms with van der Waals surface area (Å²) in [6, 6.07) is 5.00. The summed E-state index contributed by atoms with van der Waals surface area (Å²) in [6.45, 7) is 0. The zero-order chi connectivity index (χ0) is 15.0. The first-order chi connectivity index (χ1) is 9.95. The number of hydrogen-bond acceptors (Lipinski definition) is 4. The standard InChI is InChI=1S/C14H19N3O3S/c15-9-1-6-12-13(7-9)16-8-14(12)21(19,20)17-10-2-4-11(18)5-3-10/h1,6-8,10-11,16-18H,2-5,15H2. The molecule has 1 aromatic heterocycles. The number of nitrogen functional groups attached to an aromatic ring is 1. The molecule has 3 rings (SSSR count). The van der Waals surface area contributed by atoms with E-state index in [1.165, 1.54) is 6.20 Å². The van der Waals surface area contributed by atoms with Gasteiger partial charge in [0.05, 0.1) is 6.10 Å². The van der Waals surface area contributed by atoms with Gasteiger partial charge in [0.25, 0.3) is 0 Å². The van der Waals surface area contributed by atoms with Gasteiger partial charge in [0.1, 0.15) is 4.90 Å². The second-order valence-corrected chi connectivity index (χ2v) is 7.27. The number of nitrogens with two attached hydrogens (primary N) is 1. The fourth-order valence-corrected chi connectivity index (χ4v) is 4.30. The Morgan fingerprint density at radius 3 is 2.67 bits per heavy atom. The second kappa shape index (κ2) is 5.32. The molecule has 0 unspecified atom stereocenters. The number of nitrogens with one attached hydrogen (secondary N) is 2. The molecule has 0 radical (unpaired) electrons. The lowest BCUT2D eigenvalue weighted by atomic mass is 9.94. The quantitative estimate of drug-likeness (QED) is 0.641. The second-order valence-electron chi connectivity index (χ2n) is 5.58. The number of benzene rings is 1. The van der Waals surface area contributed by atoms with Gasteiger partial charge in [0.2, 0.25) is 10.0 Å². The normalized spacial score (nSPS) is 23.5. The highest BCUT2D eigenvalue weighted by Crippen LogP contribution is 2.26. The number of aliphatic hydroxyl groups excluding tert-OH is 1. The van der Waals surface area contributed by atoms with Crippen LogP contribution in [0.15, 0.2) is 29.3 Å². The van der Waals surface area contributed by atoms with Gasteiger partial charge in [-0.25, -0.2) is 13.1 Å². The van der Waals surface area contributed by atoms with Gasteiger partial charge in [-0.2, -0.15) is 0 Å². The summed E-state index contributed by atoms with van der Waals surface area (Å²) in [5.74, 6) is 0. The minimum Gasteiger partial charge on any atom is -0.399 e. The maximum atomic E-state index is 12.5. The number of H-pyrrole nitrogens is 1. The van der Waals surface area contributed by atoms with Crippen molar-refractivity contribution < 1.29 is 13.5 Å². The summed E-state index contributed by atoms with van der Waals surface area (Å²) >= 11 is 0. The number of aromatic amines is 1. The van der Waals surface area contributed by atoms with Crippen molar-refractivity contribution in [3.8, 4) is 0 Å². The molecule has 1 fully saturated rings. The predicted octanol–water partition coefficient (Wildman–Crippen LogP) is 1.33. The Morgan fingerprint density at radius 2 is 1.95 bits per heavy atom. The van der Waals surface area contributed by atoms with Crippen molar-refractivity contribution in [2.75, 3.05) is 5.73 Å². The zero-order valence-electron chi connectivity index (χ0n) is 11.5. The molecule has 2 aromatic rings. The molecule has 1 aliphatic carbocycles. The topological polar surface area (TPSA) is 108 Å². The van der Waals surface area contributed by atoms with Crippen LogP contribution in [0.1, 0.15) is 25.7 Å². The fourth-order valence-electron chi connectivity index (χ4n) is 2.82. The molecule has 1 saturated carbocycles. The van der Waals surface area contributed by atoms with Crippen LogP contribution < -0.4 is 10.5 Å². The van der Waals surface area contributed by atoms with Crippen LogP contribution in [0.25, 0.3) is 10.9 Å². The molecule has 1 aromatic carbocycles. The molecule has 7 heteroatoms. The van der Waals surface area contributed by atoms with Gasteiger partial charge < -0.3 is 15.8 Å². The van der Waals surface area contributed by atoms with Gasteiger partial charge in [-0.3, -0.25) is 0 Å². The van der Waals surface area contributed by atoms with Gasteiger partial charge in [-0.1, -0.05) is 0 Å². The number of anilines is 1. The Kier molecular flexibility index (Phi) is 3.64. The molecule has 0 spiro atoms. The Hall–Kier alpha value is -1.57. The highest BCUT2D eigenvalue weighted by molar-refractivity contribution is 7.89. The average Bonchev–Trinajstić information content (AvgIpc) is 2.85. The molecule has 5 N–H and O–H groups in total. The summed E-state index contributed by atoms with van der Waals surface area (Å²) in [4.78, 5) is 3.18. The first kappa shape index (κ1) is 14.4. The van der Waals surface area contributed by atoms with E-state index in [9.17, 15) is 13.5 Å². The van der Waals surface area contributed by atoms with Crippen molar-refractivity contribution in [3.05, 3.63) is 24.4 Å². The largest absolute Gasteiger partial charge is 0.399 e. The minimum absolute atomic E-state index is 0.114. The minimum atomic E-state index is -3.58. The Morgan fingerprint density at radius 1 is 1.24 bits per heavy atom. The van der Waals surface area contributed by atoms with E-state index in [0.717, 1.165) is 0 Å². The van der Waals surface area contributed by atoms with Crippen LogP contribution in [0.2, 0.25) is 0 Å². The summed E-state index contributed by atoms with van der Waals surface area (Å²) in [7, 11) is -3.58. The van der Waals surface area contributed by atoms with Gasteiger partial charge in [-0.05, 0) is 43.9 Å². The Labute approximate surface area is 123 Å². The van der Waals surface area contributed by atoms with E-state index in [2.05, 4.69) is 9.71 Å². The van der Waals surface area contributed by atoms with Crippen LogP contribution in [0.5, 0.6) is 0 Å². The van der Waals surface area contributed by atoms with Crippen molar-refractivity contribution in [2.45, 2.75) is 42.7 Å².